The van der Waals surface area contributed by atoms with E-state index >= 15 is 0 Å². The minimum absolute atomic E-state index is 0.0330. The van der Waals surface area contributed by atoms with Crippen molar-refractivity contribution in [2.24, 2.45) is 5.41 Å². The number of hydrogen-bond acceptors (Lipinski definition) is 5. The molecule has 29 heavy (non-hydrogen) atoms. The molecule has 3 heterocycles. The second-order valence-corrected chi connectivity index (χ2v) is 8.07. The summed E-state index contributed by atoms with van der Waals surface area (Å²) >= 11 is 0. The van der Waals surface area contributed by atoms with Gasteiger partial charge in [-0.25, -0.2) is 0 Å². The molecule has 3 aliphatic rings. The van der Waals surface area contributed by atoms with Crippen LogP contribution in [0.1, 0.15) is 42.5 Å². The van der Waals surface area contributed by atoms with Crippen LogP contribution < -0.4 is 4.74 Å². The number of para-hydroxylation sites is 1. The first kappa shape index (κ1) is 21.6. The fourth-order valence-corrected chi connectivity index (χ4v) is 4.26. The minimum Gasteiger partial charge on any atom is -0.491 e. The van der Waals surface area contributed by atoms with Gasteiger partial charge in [-0.2, -0.15) is 0 Å². The van der Waals surface area contributed by atoms with Crippen LogP contribution in [0.3, 0.4) is 0 Å². The molecule has 1 aromatic rings. The molecule has 1 fully saturated rings. The molecule has 0 aliphatic carbocycles. The number of aliphatic hydroxyl groups is 1. The quantitative estimate of drug-likeness (QED) is 0.833. The van der Waals surface area contributed by atoms with Crippen LogP contribution in [0, 0.1) is 5.41 Å². The van der Waals surface area contributed by atoms with Crippen molar-refractivity contribution < 1.29 is 24.2 Å². The van der Waals surface area contributed by atoms with Crippen molar-refractivity contribution in [2.75, 3.05) is 53.1 Å². The molecule has 2 bridgehead atoms. The van der Waals surface area contributed by atoms with Crippen molar-refractivity contribution in [3.05, 3.63) is 29.8 Å². The van der Waals surface area contributed by atoms with Crippen LogP contribution in [0.25, 0.3) is 0 Å². The van der Waals surface area contributed by atoms with Crippen LogP contribution in [0.4, 0.5) is 0 Å². The maximum atomic E-state index is 13.1. The molecule has 1 aromatic carbocycles. The third-order valence-corrected chi connectivity index (χ3v) is 6.19. The summed E-state index contributed by atoms with van der Waals surface area (Å²) in [6.45, 7) is 2.88. The monoisotopic (exact) mass is 404 g/mol. The average molecular weight is 405 g/mol. The molecule has 160 valence electrons. The molecule has 7 heteroatoms. The van der Waals surface area contributed by atoms with Crippen molar-refractivity contribution in [3.8, 4) is 5.75 Å². The predicted octanol–water partition coefficient (Wildman–Crippen LogP) is 1.94. The van der Waals surface area contributed by atoms with Gasteiger partial charge >= 0.3 is 0 Å². The van der Waals surface area contributed by atoms with Gasteiger partial charge in [0.15, 0.2) is 0 Å². The molecular weight excluding hydrogens is 372 g/mol. The molecular formula is C22H32N2O5. The molecule has 0 saturated carbocycles. The summed E-state index contributed by atoms with van der Waals surface area (Å²) in [6, 6.07) is 7.28. The topological polar surface area (TPSA) is 79.3 Å². The van der Waals surface area contributed by atoms with E-state index in [1.807, 2.05) is 17.0 Å². The molecule has 2 amide bonds. The highest BCUT2D eigenvalue weighted by Crippen LogP contribution is 2.37. The summed E-state index contributed by atoms with van der Waals surface area (Å²) in [5.41, 5.74) is 0.419. The maximum Gasteiger partial charge on any atom is 0.257 e. The Labute approximate surface area is 172 Å². The lowest BCUT2D eigenvalue weighted by molar-refractivity contribution is -0.135. The molecule has 7 nitrogen and oxygen atoms in total. The van der Waals surface area contributed by atoms with Crippen LogP contribution in [0.2, 0.25) is 0 Å². The molecule has 3 aliphatic heterocycles. The summed E-state index contributed by atoms with van der Waals surface area (Å²) < 4.78 is 10.9. The number of piperidine rings is 1. The van der Waals surface area contributed by atoms with E-state index in [0.29, 0.717) is 44.1 Å². The first-order valence-corrected chi connectivity index (χ1v) is 10.5. The van der Waals surface area contributed by atoms with Gasteiger partial charge in [-0.05, 0) is 43.2 Å². The molecule has 0 atom stereocenters. The van der Waals surface area contributed by atoms with E-state index in [1.165, 1.54) is 7.11 Å². The summed E-state index contributed by atoms with van der Waals surface area (Å²) in [5.74, 6) is 0.452. The lowest BCUT2D eigenvalue weighted by atomic mass is 9.75. The van der Waals surface area contributed by atoms with Gasteiger partial charge in [0.2, 0.25) is 5.91 Å². The summed E-state index contributed by atoms with van der Waals surface area (Å²) in [7, 11) is 1.51. The Balaban J connectivity index is 1.81. The Kier molecular flexibility index (Phi) is 7.50. The predicted molar refractivity (Wildman–Crippen MR) is 109 cm³/mol. The Morgan fingerprint density at radius 1 is 1.14 bits per heavy atom. The van der Waals surface area contributed by atoms with E-state index in [1.54, 1.807) is 17.0 Å². The van der Waals surface area contributed by atoms with Crippen LogP contribution >= 0.6 is 0 Å². The third kappa shape index (κ3) is 5.28. The maximum absolute atomic E-state index is 13.1. The highest BCUT2D eigenvalue weighted by atomic mass is 16.5. The zero-order chi connectivity index (χ0) is 20.7. The SMILES string of the molecule is COCC(=O)N1CCCCC2(CO)CCN(CC2)C(=O)c2ccccc2OCC1. The lowest BCUT2D eigenvalue weighted by Crippen LogP contribution is -2.44. The summed E-state index contributed by atoms with van der Waals surface area (Å²) in [4.78, 5) is 29.1. The number of carbonyl (C=O) groups excluding carboxylic acids is 2. The summed E-state index contributed by atoms with van der Waals surface area (Å²) in [5, 5.41) is 10.0. The third-order valence-electron chi connectivity index (χ3n) is 6.19. The van der Waals surface area contributed by atoms with Gasteiger partial charge in [0.25, 0.3) is 5.91 Å². The molecule has 1 saturated heterocycles. The van der Waals surface area contributed by atoms with E-state index in [2.05, 4.69) is 0 Å². The van der Waals surface area contributed by atoms with Gasteiger partial charge in [0.05, 0.1) is 12.1 Å². The number of aliphatic hydroxyl groups excluding tert-OH is 1. The highest BCUT2D eigenvalue weighted by molar-refractivity contribution is 5.97. The number of carbonyl (C=O) groups is 2. The molecule has 0 unspecified atom stereocenters. The average Bonchev–Trinajstić information content (AvgIpc) is 2.76. The van der Waals surface area contributed by atoms with E-state index in [-0.39, 0.29) is 30.4 Å². The highest BCUT2D eigenvalue weighted by Gasteiger charge is 2.35. The van der Waals surface area contributed by atoms with Gasteiger partial charge in [0, 0.05) is 33.4 Å². The largest absolute Gasteiger partial charge is 0.491 e. The van der Waals surface area contributed by atoms with Gasteiger partial charge in [-0.1, -0.05) is 18.6 Å². The fourth-order valence-electron chi connectivity index (χ4n) is 4.26. The van der Waals surface area contributed by atoms with Gasteiger partial charge in [-0.3, -0.25) is 9.59 Å². The number of methoxy groups -OCH3 is 1. The van der Waals surface area contributed by atoms with Crippen molar-refractivity contribution in [1.82, 2.24) is 9.80 Å². The Morgan fingerprint density at radius 2 is 1.90 bits per heavy atom. The standard InChI is InChI=1S/C22H32N2O5/c1-28-16-20(26)23-11-5-4-8-22(17-25)9-12-24(13-10-22)21(27)18-6-2-3-7-19(18)29-15-14-23/h2-3,6-7,25H,4-5,8-17H2,1H3. The number of hydrogen-bond donors (Lipinski definition) is 1. The normalized spacial score (nSPS) is 20.4. The Bertz CT molecular complexity index is 700. The first-order chi connectivity index (χ1) is 14.1. The van der Waals surface area contributed by atoms with Crippen molar-refractivity contribution in [2.45, 2.75) is 32.1 Å². The number of amides is 2. The second-order valence-electron chi connectivity index (χ2n) is 8.07. The van der Waals surface area contributed by atoms with Crippen LogP contribution in [0.5, 0.6) is 5.75 Å². The van der Waals surface area contributed by atoms with Crippen LogP contribution in [-0.4, -0.2) is 79.8 Å². The van der Waals surface area contributed by atoms with Crippen molar-refractivity contribution in [1.29, 1.82) is 0 Å². The second kappa shape index (κ2) is 10.1. The van der Waals surface area contributed by atoms with Gasteiger partial charge < -0.3 is 24.4 Å². The Morgan fingerprint density at radius 3 is 2.62 bits per heavy atom. The number of nitrogens with zero attached hydrogens (tertiary/aromatic N) is 2. The molecule has 0 radical (unpaired) electrons. The number of ether oxygens (including phenoxy) is 2. The number of fused-ring (bicyclic) bond motifs is 9. The number of benzene rings is 1. The lowest BCUT2D eigenvalue weighted by Gasteiger charge is -2.41. The van der Waals surface area contributed by atoms with Crippen molar-refractivity contribution in [3.63, 3.8) is 0 Å². The summed E-state index contributed by atoms with van der Waals surface area (Å²) in [6.07, 6.45) is 4.31. The van der Waals surface area contributed by atoms with E-state index in [0.717, 1.165) is 32.1 Å². The number of rotatable bonds is 3. The van der Waals surface area contributed by atoms with Gasteiger partial charge in [-0.15, -0.1) is 0 Å². The van der Waals surface area contributed by atoms with E-state index in [9.17, 15) is 14.7 Å². The molecule has 0 spiro atoms. The van der Waals surface area contributed by atoms with Crippen molar-refractivity contribution >= 4 is 11.8 Å². The molecule has 0 aromatic heterocycles. The molecule has 1 N–H and O–H groups in total. The minimum atomic E-state index is -0.131. The van der Waals surface area contributed by atoms with Crippen LogP contribution in [0.15, 0.2) is 24.3 Å². The smallest absolute Gasteiger partial charge is 0.257 e. The Hall–Kier alpha value is -2.12. The van der Waals surface area contributed by atoms with E-state index in [4.69, 9.17) is 9.47 Å². The molecule has 4 rings (SSSR count). The zero-order valence-electron chi connectivity index (χ0n) is 17.3. The fraction of sp³-hybridized carbons (Fsp3) is 0.636. The van der Waals surface area contributed by atoms with Gasteiger partial charge in [0.1, 0.15) is 19.0 Å². The van der Waals surface area contributed by atoms with E-state index < -0.39 is 0 Å². The van der Waals surface area contributed by atoms with Crippen LogP contribution in [-0.2, 0) is 9.53 Å². The zero-order valence-corrected chi connectivity index (χ0v) is 17.3. The first-order valence-electron chi connectivity index (χ1n) is 10.5.